The van der Waals surface area contributed by atoms with E-state index in [0.29, 0.717) is 0 Å². The molecule has 0 spiro atoms. The number of nitrogen functional groups attached to an aromatic ring is 1. The molecule has 0 bridgehead atoms. The Morgan fingerprint density at radius 3 is 2.18 bits per heavy atom. The van der Waals surface area contributed by atoms with E-state index in [1.165, 1.54) is 5.56 Å². The van der Waals surface area contributed by atoms with Gasteiger partial charge in [-0.1, -0.05) is 26.0 Å². The zero-order chi connectivity index (χ0) is 14.8. The van der Waals surface area contributed by atoms with Crippen molar-refractivity contribution < 1.29 is 4.74 Å². The smallest absolute Gasteiger partial charge is 0.0589 e. The molecule has 0 saturated heterocycles. The van der Waals surface area contributed by atoms with E-state index in [1.54, 1.807) is 7.11 Å². The Labute approximate surface area is 147 Å². The summed E-state index contributed by atoms with van der Waals surface area (Å²) < 4.78 is 5.21. The van der Waals surface area contributed by atoms with E-state index < -0.39 is 0 Å². The summed E-state index contributed by atoms with van der Waals surface area (Å²) in [5.74, 6) is 0. The molecule has 130 valence electrons. The Bertz CT molecular complexity index is 376. The monoisotopic (exact) mass is 351 g/mol. The number of hydrogen-bond acceptors (Lipinski definition) is 4. The molecule has 0 atom stereocenters. The molecule has 1 aromatic carbocycles. The molecule has 2 N–H and O–H groups in total. The summed E-state index contributed by atoms with van der Waals surface area (Å²) in [6, 6.07) is 8.13. The number of nitrogens with zero attached hydrogens (tertiary/aromatic N) is 2. The van der Waals surface area contributed by atoms with Gasteiger partial charge in [0.25, 0.3) is 0 Å². The van der Waals surface area contributed by atoms with Crippen molar-refractivity contribution in [2.75, 3.05) is 52.2 Å². The van der Waals surface area contributed by atoms with E-state index in [-0.39, 0.29) is 24.8 Å². The summed E-state index contributed by atoms with van der Waals surface area (Å²) in [4.78, 5) is 4.87. The highest BCUT2D eigenvalue weighted by atomic mass is 35.5. The summed E-state index contributed by atoms with van der Waals surface area (Å²) in [5.41, 5.74) is 7.94. The predicted octanol–water partition coefficient (Wildman–Crippen LogP) is 2.90. The van der Waals surface area contributed by atoms with E-state index in [9.17, 15) is 0 Å². The van der Waals surface area contributed by atoms with Crippen molar-refractivity contribution >= 4 is 30.5 Å². The van der Waals surface area contributed by atoms with Gasteiger partial charge in [0, 0.05) is 39.0 Å². The van der Waals surface area contributed by atoms with Gasteiger partial charge in [0.05, 0.1) is 6.61 Å². The molecule has 0 aliphatic carbocycles. The number of hydrogen-bond donors (Lipinski definition) is 1. The fraction of sp³-hybridized carbons (Fsp3) is 0.625. The Morgan fingerprint density at radius 1 is 1.00 bits per heavy atom. The molecule has 0 aromatic heterocycles. The Balaban J connectivity index is 0. The largest absolute Gasteiger partial charge is 0.399 e. The molecule has 22 heavy (non-hydrogen) atoms. The van der Waals surface area contributed by atoms with Crippen LogP contribution in [0.3, 0.4) is 0 Å². The molecular formula is C16H31Cl2N3O. The van der Waals surface area contributed by atoms with E-state index >= 15 is 0 Å². The van der Waals surface area contributed by atoms with Crippen molar-refractivity contribution in [1.82, 2.24) is 9.80 Å². The lowest BCUT2D eigenvalue weighted by molar-refractivity contribution is 0.133. The third-order valence-corrected chi connectivity index (χ3v) is 3.60. The van der Waals surface area contributed by atoms with Crippen LogP contribution in [0.4, 0.5) is 5.69 Å². The van der Waals surface area contributed by atoms with Gasteiger partial charge in [-0.3, -0.25) is 4.90 Å². The van der Waals surface area contributed by atoms with E-state index in [1.807, 2.05) is 12.1 Å². The first-order valence-electron chi connectivity index (χ1n) is 7.47. The Hall–Kier alpha value is -0.520. The highest BCUT2D eigenvalue weighted by molar-refractivity contribution is 5.85. The second-order valence-corrected chi connectivity index (χ2v) is 5.04. The third kappa shape index (κ3) is 9.49. The molecule has 0 heterocycles. The minimum absolute atomic E-state index is 0. The summed E-state index contributed by atoms with van der Waals surface area (Å²) >= 11 is 0. The lowest BCUT2D eigenvalue weighted by Gasteiger charge is -2.26. The first-order valence-corrected chi connectivity index (χ1v) is 7.47. The Kier molecular flexibility index (Phi) is 15.2. The lowest BCUT2D eigenvalue weighted by atomic mass is 10.2. The van der Waals surface area contributed by atoms with Gasteiger partial charge in [-0.05, 0) is 30.8 Å². The van der Waals surface area contributed by atoms with E-state index in [2.05, 4.69) is 35.8 Å². The summed E-state index contributed by atoms with van der Waals surface area (Å²) in [6.45, 7) is 11.4. The number of benzene rings is 1. The number of rotatable bonds is 10. The molecular weight excluding hydrogens is 321 g/mol. The van der Waals surface area contributed by atoms with Gasteiger partial charge >= 0.3 is 0 Å². The minimum Gasteiger partial charge on any atom is -0.399 e. The van der Waals surface area contributed by atoms with Gasteiger partial charge in [-0.15, -0.1) is 24.8 Å². The average molecular weight is 352 g/mol. The van der Waals surface area contributed by atoms with Crippen molar-refractivity contribution in [2.45, 2.75) is 20.4 Å². The predicted molar refractivity (Wildman–Crippen MR) is 100 cm³/mol. The maximum atomic E-state index is 5.85. The van der Waals surface area contributed by atoms with Crippen LogP contribution in [0, 0.1) is 0 Å². The van der Waals surface area contributed by atoms with E-state index in [4.69, 9.17) is 10.5 Å². The van der Waals surface area contributed by atoms with Crippen LogP contribution in [0.25, 0.3) is 0 Å². The van der Waals surface area contributed by atoms with Gasteiger partial charge in [0.15, 0.2) is 0 Å². The number of anilines is 1. The van der Waals surface area contributed by atoms with Crippen molar-refractivity contribution in [1.29, 1.82) is 0 Å². The molecule has 0 saturated carbocycles. The second-order valence-electron chi connectivity index (χ2n) is 5.04. The molecule has 0 aliphatic heterocycles. The molecule has 0 amide bonds. The molecule has 1 aromatic rings. The number of nitrogens with two attached hydrogens (primary N) is 1. The topological polar surface area (TPSA) is 41.7 Å². The van der Waals surface area contributed by atoms with Crippen LogP contribution in [-0.2, 0) is 11.3 Å². The van der Waals surface area contributed by atoms with Crippen molar-refractivity contribution in [2.24, 2.45) is 0 Å². The summed E-state index contributed by atoms with van der Waals surface area (Å²) in [5, 5.41) is 0. The maximum Gasteiger partial charge on any atom is 0.0589 e. The Morgan fingerprint density at radius 2 is 1.64 bits per heavy atom. The molecule has 1 rings (SSSR count). The highest BCUT2D eigenvalue weighted by Crippen LogP contribution is 2.09. The minimum atomic E-state index is 0. The number of ether oxygens (including phenoxy) is 1. The molecule has 0 radical (unpaired) electrons. The standard InChI is InChI=1S/C16H29N3O.2ClH/c1-4-18(5-2)9-10-19(11-12-20-3)14-15-7-6-8-16(17)13-15;;/h6-8,13H,4-5,9-12,14,17H2,1-3H3;2*1H. The molecule has 0 aliphatic rings. The fourth-order valence-electron chi connectivity index (χ4n) is 2.26. The van der Waals surface area contributed by atoms with Crippen molar-refractivity contribution in [3.8, 4) is 0 Å². The van der Waals surface area contributed by atoms with Crippen LogP contribution in [0.5, 0.6) is 0 Å². The summed E-state index contributed by atoms with van der Waals surface area (Å²) in [6.07, 6.45) is 0. The van der Waals surface area contributed by atoms with E-state index in [0.717, 1.165) is 51.6 Å². The van der Waals surface area contributed by atoms with Crippen LogP contribution in [0.2, 0.25) is 0 Å². The quantitative estimate of drug-likeness (QED) is 0.658. The first kappa shape index (κ1) is 23.7. The van der Waals surface area contributed by atoms with Gasteiger partial charge in [0.2, 0.25) is 0 Å². The van der Waals surface area contributed by atoms with Gasteiger partial charge < -0.3 is 15.4 Å². The van der Waals surface area contributed by atoms with Crippen LogP contribution < -0.4 is 5.73 Å². The van der Waals surface area contributed by atoms with Gasteiger partial charge in [-0.2, -0.15) is 0 Å². The van der Waals surface area contributed by atoms with Crippen LogP contribution in [0.1, 0.15) is 19.4 Å². The number of methoxy groups -OCH3 is 1. The zero-order valence-electron chi connectivity index (χ0n) is 14.0. The van der Waals surface area contributed by atoms with Crippen LogP contribution >= 0.6 is 24.8 Å². The zero-order valence-corrected chi connectivity index (χ0v) is 15.6. The second kappa shape index (κ2) is 14.1. The van der Waals surface area contributed by atoms with Crippen molar-refractivity contribution in [3.05, 3.63) is 29.8 Å². The SMILES string of the molecule is CCN(CC)CCN(CCOC)Cc1cccc(N)c1.Cl.Cl. The van der Waals surface area contributed by atoms with Crippen LogP contribution in [0.15, 0.2) is 24.3 Å². The van der Waals surface area contributed by atoms with Gasteiger partial charge in [-0.25, -0.2) is 0 Å². The lowest BCUT2D eigenvalue weighted by Crippen LogP contribution is -2.36. The molecule has 4 nitrogen and oxygen atoms in total. The molecule has 6 heteroatoms. The average Bonchev–Trinajstić information content (AvgIpc) is 2.45. The van der Waals surface area contributed by atoms with Crippen LogP contribution in [-0.4, -0.2) is 56.2 Å². The number of halogens is 2. The molecule has 0 unspecified atom stereocenters. The fourth-order valence-corrected chi connectivity index (χ4v) is 2.26. The summed E-state index contributed by atoms with van der Waals surface area (Å²) in [7, 11) is 1.75. The van der Waals surface area contributed by atoms with Gasteiger partial charge in [0.1, 0.15) is 0 Å². The van der Waals surface area contributed by atoms with Crippen molar-refractivity contribution in [3.63, 3.8) is 0 Å². The molecule has 0 fully saturated rings. The maximum absolute atomic E-state index is 5.85. The normalized spacial score (nSPS) is 10.4. The third-order valence-electron chi connectivity index (χ3n) is 3.60. The highest BCUT2D eigenvalue weighted by Gasteiger charge is 2.08. The number of likely N-dealkylation sites (N-methyl/N-ethyl adjacent to an activating group) is 1. The first-order chi connectivity index (χ1) is 9.69.